The number of rotatable bonds is 2. The molecule has 5 heterocycles. The molecule has 0 saturated heterocycles. The largest absolute Gasteiger partial charge is 0.458 e. The zero-order chi connectivity index (χ0) is 23.5. The fourth-order valence-corrected chi connectivity index (χ4v) is 4.97. The van der Waals surface area contributed by atoms with Gasteiger partial charge in [-0.3, -0.25) is 9.98 Å². The van der Waals surface area contributed by atoms with E-state index in [0.29, 0.717) is 0 Å². The van der Waals surface area contributed by atoms with Crippen molar-refractivity contribution in [2.24, 2.45) is 15.9 Å². The van der Waals surface area contributed by atoms with Crippen LogP contribution in [-0.2, 0) is 0 Å². The minimum atomic E-state index is -0.0139. The third-order valence-corrected chi connectivity index (χ3v) is 6.63. The van der Waals surface area contributed by atoms with E-state index in [2.05, 4.69) is 40.5 Å². The van der Waals surface area contributed by atoms with E-state index in [4.69, 9.17) is 13.8 Å². The minimum Gasteiger partial charge on any atom is -0.458 e. The molecule has 0 N–H and O–H groups in total. The molecule has 6 heteroatoms. The molecule has 0 spiro atoms. The van der Waals surface area contributed by atoms with E-state index in [1.807, 2.05) is 60.8 Å². The van der Waals surface area contributed by atoms with Crippen LogP contribution in [0.2, 0.25) is 0 Å². The summed E-state index contributed by atoms with van der Waals surface area (Å²) in [4.78, 5) is 15.6. The number of furan rings is 2. The summed E-state index contributed by atoms with van der Waals surface area (Å²) in [5, 5.41) is 0.974. The molecule has 0 fully saturated rings. The van der Waals surface area contributed by atoms with Crippen LogP contribution < -0.4 is 4.90 Å². The van der Waals surface area contributed by atoms with Crippen molar-refractivity contribution in [2.75, 3.05) is 4.90 Å². The van der Waals surface area contributed by atoms with E-state index >= 15 is 0 Å². The van der Waals surface area contributed by atoms with Crippen LogP contribution in [0.15, 0.2) is 84.8 Å². The van der Waals surface area contributed by atoms with E-state index in [0.717, 1.165) is 61.7 Å². The summed E-state index contributed by atoms with van der Waals surface area (Å²) in [5.74, 6) is 1.75. The van der Waals surface area contributed by atoms with Crippen molar-refractivity contribution in [3.63, 3.8) is 0 Å². The van der Waals surface area contributed by atoms with Gasteiger partial charge in [-0.15, -0.1) is 5.73 Å². The maximum Gasteiger partial charge on any atom is 0.154 e. The zero-order valence-corrected chi connectivity index (χ0v) is 19.2. The Kier molecular flexibility index (Phi) is 4.21. The number of fused-ring (bicyclic) bond motifs is 6. The van der Waals surface area contributed by atoms with Gasteiger partial charge in [0.05, 0.1) is 18.3 Å². The monoisotopic (exact) mass is 456 g/mol. The number of aromatic nitrogens is 1. The Morgan fingerprint density at radius 1 is 1.06 bits per heavy atom. The SMILES string of the molecule is Cc1cnc2c3c(oc2c1)C=C=CC(C1c2oc4ccc(N5C=C=CN=C5)cc4c2N=CC1C)=C3. The second kappa shape index (κ2) is 7.44. The molecule has 168 valence electrons. The second-order valence-electron chi connectivity index (χ2n) is 9.05. The highest BCUT2D eigenvalue weighted by Crippen LogP contribution is 2.48. The highest BCUT2D eigenvalue weighted by Gasteiger charge is 2.33. The van der Waals surface area contributed by atoms with Gasteiger partial charge in [0.25, 0.3) is 0 Å². The van der Waals surface area contributed by atoms with Gasteiger partial charge in [-0.25, -0.2) is 4.99 Å². The fraction of sp³-hybridized carbons (Fsp3) is 0.138. The molecular formula is C29H20N4O2. The van der Waals surface area contributed by atoms with Gasteiger partial charge in [-0.1, -0.05) is 12.7 Å². The molecule has 0 radical (unpaired) electrons. The van der Waals surface area contributed by atoms with Crippen LogP contribution in [0.4, 0.5) is 11.4 Å². The number of anilines is 1. The van der Waals surface area contributed by atoms with Crippen molar-refractivity contribution in [3.05, 3.63) is 88.6 Å². The Bertz CT molecular complexity index is 1770. The lowest BCUT2D eigenvalue weighted by Crippen LogP contribution is -2.15. The predicted molar refractivity (Wildman–Crippen MR) is 139 cm³/mol. The number of aliphatic imine (C=N–C) groups is 2. The highest BCUT2D eigenvalue weighted by molar-refractivity contribution is 5.99. The van der Waals surface area contributed by atoms with Gasteiger partial charge >= 0.3 is 0 Å². The lowest BCUT2D eigenvalue weighted by atomic mass is 9.82. The van der Waals surface area contributed by atoms with Gasteiger partial charge in [0.2, 0.25) is 0 Å². The second-order valence-corrected chi connectivity index (χ2v) is 9.05. The molecule has 7 rings (SSSR count). The molecule has 2 atom stereocenters. The number of aryl methyl sites for hydroxylation is 1. The van der Waals surface area contributed by atoms with Crippen LogP contribution in [0.3, 0.4) is 0 Å². The van der Waals surface area contributed by atoms with Crippen molar-refractivity contribution in [3.8, 4) is 0 Å². The van der Waals surface area contributed by atoms with E-state index < -0.39 is 0 Å². The molecule has 1 aliphatic carbocycles. The standard InChI is InChI=1S/C29H20N4O2/c1-17-11-25-27(31-14-17)21-12-19(5-3-6-23(21)34-25)26-18(2)15-32-28-22-13-20(33-10-4-9-30-16-33)7-8-24(22)35-29(26)28/h5-16,18,26H,1-2H3. The lowest BCUT2D eigenvalue weighted by Gasteiger charge is -2.24. The number of benzene rings is 1. The summed E-state index contributed by atoms with van der Waals surface area (Å²) in [6.45, 7) is 4.18. The molecule has 2 unspecified atom stereocenters. The van der Waals surface area contributed by atoms with Gasteiger partial charge in [-0.05, 0) is 54.5 Å². The average Bonchev–Trinajstić information content (AvgIpc) is 3.33. The number of hydrogen-bond donors (Lipinski definition) is 0. The summed E-state index contributed by atoms with van der Waals surface area (Å²) in [7, 11) is 0. The van der Waals surface area contributed by atoms with Gasteiger partial charge in [0.1, 0.15) is 34.6 Å². The Balaban J connectivity index is 1.38. The first-order valence-electron chi connectivity index (χ1n) is 11.5. The van der Waals surface area contributed by atoms with Gasteiger partial charge in [0, 0.05) is 41.0 Å². The topological polar surface area (TPSA) is 67.1 Å². The van der Waals surface area contributed by atoms with Crippen molar-refractivity contribution in [2.45, 2.75) is 19.8 Å². The Hall–Kier alpha value is -4.63. The average molecular weight is 457 g/mol. The molecule has 0 amide bonds. The maximum absolute atomic E-state index is 6.45. The normalized spacial score (nSPS) is 19.9. The Morgan fingerprint density at radius 2 is 2.00 bits per heavy atom. The molecule has 35 heavy (non-hydrogen) atoms. The van der Waals surface area contributed by atoms with Gasteiger partial charge in [0.15, 0.2) is 5.58 Å². The first-order valence-corrected chi connectivity index (χ1v) is 11.5. The van der Waals surface area contributed by atoms with Crippen LogP contribution in [0.25, 0.3) is 34.2 Å². The molecule has 0 bridgehead atoms. The third-order valence-electron chi connectivity index (χ3n) is 6.63. The number of hydrogen-bond acceptors (Lipinski definition) is 6. The molecule has 0 saturated carbocycles. The summed E-state index contributed by atoms with van der Waals surface area (Å²) in [6, 6.07) is 8.11. The molecule has 3 aromatic heterocycles. The summed E-state index contributed by atoms with van der Waals surface area (Å²) in [5.41, 5.74) is 13.7. The van der Waals surface area contributed by atoms with E-state index in [-0.39, 0.29) is 11.8 Å². The van der Waals surface area contributed by atoms with Crippen molar-refractivity contribution < 1.29 is 8.83 Å². The van der Waals surface area contributed by atoms with Crippen LogP contribution in [0, 0.1) is 12.8 Å². The van der Waals surface area contributed by atoms with E-state index in [1.165, 1.54) is 0 Å². The minimum absolute atomic E-state index is 0.0139. The van der Waals surface area contributed by atoms with Crippen molar-refractivity contribution in [1.82, 2.24) is 4.98 Å². The van der Waals surface area contributed by atoms with Gasteiger partial charge < -0.3 is 13.7 Å². The van der Waals surface area contributed by atoms with Gasteiger partial charge in [-0.2, -0.15) is 0 Å². The summed E-state index contributed by atoms with van der Waals surface area (Å²) in [6.07, 6.45) is 15.2. The highest BCUT2D eigenvalue weighted by atomic mass is 16.3. The quantitative estimate of drug-likeness (QED) is 0.303. The Morgan fingerprint density at radius 3 is 2.89 bits per heavy atom. The first-order chi connectivity index (χ1) is 17.2. The zero-order valence-electron chi connectivity index (χ0n) is 19.2. The van der Waals surface area contributed by atoms with Crippen molar-refractivity contribution in [1.29, 1.82) is 0 Å². The smallest absolute Gasteiger partial charge is 0.154 e. The lowest BCUT2D eigenvalue weighted by molar-refractivity contribution is 0.485. The van der Waals surface area contributed by atoms with Crippen LogP contribution in [0.1, 0.15) is 35.5 Å². The maximum atomic E-state index is 6.45. The molecule has 3 aliphatic rings. The number of pyridine rings is 1. The van der Waals surface area contributed by atoms with E-state index in [1.54, 1.807) is 12.5 Å². The fourth-order valence-electron chi connectivity index (χ4n) is 4.97. The summed E-state index contributed by atoms with van der Waals surface area (Å²) < 4.78 is 12.5. The predicted octanol–water partition coefficient (Wildman–Crippen LogP) is 7.06. The third kappa shape index (κ3) is 3.09. The molecule has 2 aliphatic heterocycles. The van der Waals surface area contributed by atoms with Crippen LogP contribution in [0.5, 0.6) is 0 Å². The number of nitrogens with zero attached hydrogens (tertiary/aromatic N) is 4. The molecular weight excluding hydrogens is 436 g/mol. The van der Waals surface area contributed by atoms with Crippen LogP contribution in [-0.4, -0.2) is 17.5 Å². The van der Waals surface area contributed by atoms with Crippen molar-refractivity contribution >= 4 is 58.1 Å². The van der Waals surface area contributed by atoms with Crippen LogP contribution >= 0.6 is 0 Å². The molecule has 4 aromatic rings. The Labute approximate surface area is 201 Å². The molecule has 1 aromatic carbocycles. The van der Waals surface area contributed by atoms with E-state index in [9.17, 15) is 0 Å². The molecule has 6 nitrogen and oxygen atoms in total. The first kappa shape index (κ1) is 19.8. The summed E-state index contributed by atoms with van der Waals surface area (Å²) >= 11 is 0. The number of allylic oxidation sites excluding steroid dienone is 2.